The molecule has 12 nitrogen and oxygen atoms in total. The van der Waals surface area contributed by atoms with Gasteiger partial charge in [0.15, 0.2) is 17.4 Å². The minimum absolute atomic E-state index is 0.00409. The summed E-state index contributed by atoms with van der Waals surface area (Å²) >= 11 is 0. The number of carboxylic acid groups (broad SMARTS) is 3. The molecule has 0 radical (unpaired) electrons. The van der Waals surface area contributed by atoms with E-state index >= 15 is 0 Å². The maximum absolute atomic E-state index is 13.2. The first-order chi connectivity index (χ1) is 19.9. The zero-order valence-corrected chi connectivity index (χ0v) is 23.2. The van der Waals surface area contributed by atoms with Gasteiger partial charge in [0, 0.05) is 12.1 Å². The largest absolute Gasteiger partial charge is 0.485 e. The number of aliphatic hydroxyl groups is 1. The van der Waals surface area contributed by atoms with Gasteiger partial charge in [-0.05, 0) is 11.0 Å². The number of aliphatic carboxylic acids is 3. The molecule has 0 aromatic heterocycles. The zero-order chi connectivity index (χ0) is 33.1. The van der Waals surface area contributed by atoms with Gasteiger partial charge in [-0.25, -0.2) is 18.4 Å². The minimum atomic E-state index is -1.76. The van der Waals surface area contributed by atoms with Crippen molar-refractivity contribution in [2.24, 2.45) is 17.1 Å². The summed E-state index contributed by atoms with van der Waals surface area (Å²) in [7, 11) is 0. The monoisotopic (exact) mass is 620 g/mol. The van der Waals surface area contributed by atoms with E-state index in [0.29, 0.717) is 0 Å². The summed E-state index contributed by atoms with van der Waals surface area (Å²) in [5, 5.41) is 38.5. The normalized spacial score (nSPS) is 13.8. The van der Waals surface area contributed by atoms with Crippen LogP contribution in [0, 0.1) is 34.6 Å². The van der Waals surface area contributed by atoms with Crippen molar-refractivity contribution >= 4 is 24.0 Å². The summed E-state index contributed by atoms with van der Waals surface area (Å²) in [6.07, 6.45) is -3.18. The molecule has 0 aliphatic rings. The Morgan fingerprint density at radius 3 is 1.91 bits per heavy atom. The summed E-state index contributed by atoms with van der Waals surface area (Å²) in [6.45, 7) is 3.92. The summed E-state index contributed by atoms with van der Waals surface area (Å²) in [6, 6.07) is 6.00. The van der Waals surface area contributed by atoms with Crippen LogP contribution in [0.1, 0.15) is 32.8 Å². The van der Waals surface area contributed by atoms with Crippen molar-refractivity contribution in [1.29, 1.82) is 0 Å². The Hall–Kier alpha value is -4.44. The molecule has 4 atom stereocenters. The lowest BCUT2D eigenvalue weighted by Gasteiger charge is -2.31. The number of rotatable bonds is 12. The number of carbonyl (C=O) groups is 4. The van der Waals surface area contributed by atoms with Gasteiger partial charge in [0.2, 0.25) is 11.6 Å². The Bertz CT molecular complexity index is 1250. The molecule has 2 unspecified atom stereocenters. The van der Waals surface area contributed by atoms with Crippen LogP contribution in [-0.4, -0.2) is 69.2 Å². The maximum Gasteiger partial charge on any atom is 0.408 e. The van der Waals surface area contributed by atoms with E-state index in [4.69, 9.17) is 15.6 Å². The third-order valence-electron chi connectivity index (χ3n) is 5.66. The van der Waals surface area contributed by atoms with Crippen LogP contribution in [0.4, 0.5) is 22.4 Å². The van der Waals surface area contributed by atoms with Gasteiger partial charge in [-0.3, -0.25) is 9.59 Å². The highest BCUT2D eigenvalue weighted by Crippen LogP contribution is 2.29. The summed E-state index contributed by atoms with van der Waals surface area (Å²) in [4.78, 5) is 44.9. The van der Waals surface area contributed by atoms with Crippen LogP contribution in [0.25, 0.3) is 0 Å². The number of alkyl carbamates (subject to hydrolysis) is 1. The number of aliphatic hydroxyl groups excluding tert-OH is 1. The highest BCUT2D eigenvalue weighted by molar-refractivity contribution is 5.86. The van der Waals surface area contributed by atoms with Gasteiger partial charge in [0.25, 0.3) is 0 Å². The quantitative estimate of drug-likeness (QED) is 0.150. The Labute approximate surface area is 243 Å². The Balaban J connectivity index is 0.000000434. The lowest BCUT2D eigenvalue weighted by Crippen LogP contribution is -2.52. The zero-order valence-electron chi connectivity index (χ0n) is 23.2. The molecule has 1 amide bonds. The van der Waals surface area contributed by atoms with Crippen LogP contribution in [0.15, 0.2) is 36.4 Å². The molecule has 0 bridgehead atoms. The van der Waals surface area contributed by atoms with Crippen LogP contribution in [0.5, 0.6) is 5.75 Å². The number of nitrogens with two attached hydrogens (primary N) is 1. The molecule has 0 aliphatic carbocycles. The van der Waals surface area contributed by atoms with Crippen molar-refractivity contribution in [2.75, 3.05) is 6.61 Å². The molecule has 16 heteroatoms. The third kappa shape index (κ3) is 11.8. The predicted molar refractivity (Wildman–Crippen MR) is 140 cm³/mol. The Kier molecular flexibility index (Phi) is 13.8. The lowest BCUT2D eigenvalue weighted by atomic mass is 9.76. The van der Waals surface area contributed by atoms with Gasteiger partial charge in [0.1, 0.15) is 25.4 Å². The summed E-state index contributed by atoms with van der Waals surface area (Å²) in [5.41, 5.74) is 5.15. The number of benzene rings is 2. The lowest BCUT2D eigenvalue weighted by molar-refractivity contribution is -0.155. The third-order valence-corrected chi connectivity index (χ3v) is 5.66. The van der Waals surface area contributed by atoms with E-state index in [-0.39, 0.29) is 12.7 Å². The van der Waals surface area contributed by atoms with Gasteiger partial charge >= 0.3 is 24.0 Å². The van der Waals surface area contributed by atoms with E-state index in [2.05, 4.69) is 10.1 Å². The van der Waals surface area contributed by atoms with Crippen LogP contribution in [0.2, 0.25) is 0 Å². The molecule has 0 saturated heterocycles. The van der Waals surface area contributed by atoms with Crippen molar-refractivity contribution in [1.82, 2.24) is 5.32 Å². The van der Waals surface area contributed by atoms with Crippen LogP contribution in [0.3, 0.4) is 0 Å². The molecule has 0 heterocycles. The first kappa shape index (κ1) is 36.6. The topological polar surface area (TPSA) is 206 Å². The van der Waals surface area contributed by atoms with Crippen LogP contribution < -0.4 is 15.8 Å². The average molecular weight is 621 g/mol. The number of nitrogens with one attached hydrogen (secondary N) is 1. The van der Waals surface area contributed by atoms with Crippen molar-refractivity contribution in [3.05, 3.63) is 65.2 Å². The maximum atomic E-state index is 13.2. The van der Waals surface area contributed by atoms with Gasteiger partial charge < -0.3 is 41.0 Å². The number of carbonyl (C=O) groups excluding carboxylic acids is 1. The van der Waals surface area contributed by atoms with Gasteiger partial charge in [-0.1, -0.05) is 51.1 Å². The molecule has 2 rings (SSSR count). The molecule has 2 aromatic carbocycles. The van der Waals surface area contributed by atoms with E-state index in [1.807, 2.05) is 6.07 Å². The van der Waals surface area contributed by atoms with Gasteiger partial charge in [-0.2, -0.15) is 8.78 Å². The highest BCUT2D eigenvalue weighted by Gasteiger charge is 2.43. The Morgan fingerprint density at radius 2 is 1.47 bits per heavy atom. The first-order valence-corrected chi connectivity index (χ1v) is 12.4. The van der Waals surface area contributed by atoms with Crippen LogP contribution in [-0.2, 0) is 25.7 Å². The average Bonchev–Trinajstić information content (AvgIpc) is 2.89. The Morgan fingerprint density at radius 1 is 0.930 bits per heavy atom. The number of amides is 1. The first-order valence-electron chi connectivity index (χ1n) is 12.4. The fourth-order valence-corrected chi connectivity index (χ4v) is 3.50. The smallest absolute Gasteiger partial charge is 0.408 e. The van der Waals surface area contributed by atoms with E-state index in [9.17, 15) is 52.1 Å². The fraction of sp³-hybridized carbons (Fsp3) is 0.407. The standard InChI is InChI=1S/C16H21NO6.C11H11F4NO4/c1-16(2,3)11(13(18)19)12(14(20)21)17-15(22)23-9-10-7-5-4-6-8-10;12-4-1-5(13)10(15)11(9(4)14)20-3-7(17)6(16)2-8(18)19/h4-8,11-12H,9H2,1-3H3,(H,17,22)(H,18,19)(H,20,21);1,6-7,17H,2-3,16H2,(H,18,19)/t11-,12?;6-,7?/m00/s1. The van der Waals surface area contributed by atoms with Crippen molar-refractivity contribution < 1.29 is 66.6 Å². The highest BCUT2D eigenvalue weighted by atomic mass is 19.2. The number of ether oxygens (including phenoxy) is 2. The molecule has 0 aliphatic heterocycles. The van der Waals surface area contributed by atoms with E-state index < -0.39 is 95.6 Å². The second-order valence-electron chi connectivity index (χ2n) is 10.1. The SMILES string of the molecule is CC(C)(C)[C@H](C(=O)O)C(NC(=O)OCc1ccccc1)C(=O)O.N[C@@H](CC(=O)O)C(O)COc1c(F)c(F)cc(F)c1F. The molecule has 7 N–H and O–H groups in total. The predicted octanol–water partition coefficient (Wildman–Crippen LogP) is 2.90. The number of halogens is 4. The van der Waals surface area contributed by atoms with Crippen LogP contribution >= 0.6 is 0 Å². The van der Waals surface area contributed by atoms with E-state index in [1.54, 1.807) is 45.0 Å². The number of carboxylic acids is 3. The van der Waals surface area contributed by atoms with E-state index in [0.717, 1.165) is 5.56 Å². The molecular weight excluding hydrogens is 588 g/mol. The molecule has 0 fully saturated rings. The van der Waals surface area contributed by atoms with Gasteiger partial charge in [-0.15, -0.1) is 0 Å². The summed E-state index contributed by atoms with van der Waals surface area (Å²) < 4.78 is 61.5. The second-order valence-corrected chi connectivity index (χ2v) is 10.1. The van der Waals surface area contributed by atoms with E-state index in [1.165, 1.54) is 0 Å². The molecule has 0 saturated carbocycles. The fourth-order valence-electron chi connectivity index (χ4n) is 3.50. The molecule has 0 spiro atoms. The molecule has 238 valence electrons. The second kappa shape index (κ2) is 16.3. The van der Waals surface area contributed by atoms with Crippen molar-refractivity contribution in [2.45, 2.75) is 52.0 Å². The number of hydrogen-bond donors (Lipinski definition) is 6. The molecule has 2 aromatic rings. The number of hydrogen-bond acceptors (Lipinski definition) is 8. The molecule has 43 heavy (non-hydrogen) atoms. The van der Waals surface area contributed by atoms with Gasteiger partial charge in [0.05, 0.1) is 12.3 Å². The summed E-state index contributed by atoms with van der Waals surface area (Å²) in [5.74, 6) is -13.5. The van der Waals surface area contributed by atoms with Crippen molar-refractivity contribution in [3.63, 3.8) is 0 Å². The molecular formula is C27H32F4N2O10. The van der Waals surface area contributed by atoms with Crippen molar-refractivity contribution in [3.8, 4) is 5.75 Å². The minimum Gasteiger partial charge on any atom is -0.485 e.